The van der Waals surface area contributed by atoms with Gasteiger partial charge in [0.1, 0.15) is 11.4 Å². The summed E-state index contributed by atoms with van der Waals surface area (Å²) in [6, 6.07) is 7.01. The van der Waals surface area contributed by atoms with Crippen LogP contribution >= 0.6 is 0 Å². The van der Waals surface area contributed by atoms with E-state index in [2.05, 4.69) is 5.32 Å². The summed E-state index contributed by atoms with van der Waals surface area (Å²) in [5, 5.41) is 18.8. The summed E-state index contributed by atoms with van der Waals surface area (Å²) in [4.78, 5) is 10.0. The molecule has 0 fully saturated rings. The van der Waals surface area contributed by atoms with E-state index in [9.17, 15) is 18.5 Å². The van der Waals surface area contributed by atoms with Gasteiger partial charge >= 0.3 is 0 Å². The maximum atomic E-state index is 11.2. The standard InChI is InChI=1S/C12H13N3O5S/c13-21(18,19)10-3-4-11(12(8-10)15(16)17)14-6-5-9-2-1-7-20-9/h1-4,7-8,14H,5-6H2,(H2,13,18,19). The maximum Gasteiger partial charge on any atom is 0.293 e. The molecule has 0 radical (unpaired) electrons. The molecule has 0 saturated heterocycles. The van der Waals surface area contributed by atoms with Gasteiger partial charge in [-0.2, -0.15) is 0 Å². The average Bonchev–Trinajstić information content (AvgIpc) is 2.90. The molecule has 2 rings (SSSR count). The van der Waals surface area contributed by atoms with Crippen LogP contribution in [0.15, 0.2) is 45.9 Å². The largest absolute Gasteiger partial charge is 0.469 e. The minimum Gasteiger partial charge on any atom is -0.469 e. The van der Waals surface area contributed by atoms with Crippen LogP contribution in [0.3, 0.4) is 0 Å². The zero-order chi connectivity index (χ0) is 15.5. The average molecular weight is 311 g/mol. The van der Waals surface area contributed by atoms with Crippen molar-refractivity contribution in [3.05, 3.63) is 52.5 Å². The molecule has 3 N–H and O–H groups in total. The van der Waals surface area contributed by atoms with Gasteiger partial charge in [-0.25, -0.2) is 13.6 Å². The van der Waals surface area contributed by atoms with Crippen molar-refractivity contribution >= 4 is 21.4 Å². The van der Waals surface area contributed by atoms with Gasteiger partial charge in [-0.1, -0.05) is 0 Å². The first-order valence-electron chi connectivity index (χ1n) is 5.95. The van der Waals surface area contributed by atoms with E-state index in [-0.39, 0.29) is 16.3 Å². The summed E-state index contributed by atoms with van der Waals surface area (Å²) in [5.41, 5.74) is -0.125. The van der Waals surface area contributed by atoms with Crippen molar-refractivity contribution in [2.75, 3.05) is 11.9 Å². The van der Waals surface area contributed by atoms with Crippen molar-refractivity contribution in [1.29, 1.82) is 0 Å². The Morgan fingerprint density at radius 2 is 2.10 bits per heavy atom. The third-order valence-corrected chi connectivity index (χ3v) is 3.67. The molecule has 0 aliphatic carbocycles. The third-order valence-electron chi connectivity index (χ3n) is 2.76. The van der Waals surface area contributed by atoms with E-state index in [0.29, 0.717) is 13.0 Å². The van der Waals surface area contributed by atoms with Crippen LogP contribution in [0.4, 0.5) is 11.4 Å². The Balaban J connectivity index is 2.17. The Bertz CT molecular complexity index is 740. The number of primary sulfonamides is 1. The van der Waals surface area contributed by atoms with E-state index >= 15 is 0 Å². The molecule has 112 valence electrons. The minimum absolute atomic E-state index is 0.221. The van der Waals surface area contributed by atoms with Gasteiger partial charge in [0.2, 0.25) is 10.0 Å². The highest BCUT2D eigenvalue weighted by Gasteiger charge is 2.18. The number of benzene rings is 1. The second kappa shape index (κ2) is 5.94. The van der Waals surface area contributed by atoms with E-state index in [0.717, 1.165) is 11.8 Å². The molecule has 0 bridgehead atoms. The Hall–Kier alpha value is -2.39. The van der Waals surface area contributed by atoms with Crippen LogP contribution in [-0.4, -0.2) is 19.9 Å². The van der Waals surface area contributed by atoms with Crippen LogP contribution < -0.4 is 10.5 Å². The summed E-state index contributed by atoms with van der Waals surface area (Å²) >= 11 is 0. The molecule has 1 heterocycles. The lowest BCUT2D eigenvalue weighted by Crippen LogP contribution is -2.13. The van der Waals surface area contributed by atoms with Crippen LogP contribution in [-0.2, 0) is 16.4 Å². The van der Waals surface area contributed by atoms with E-state index in [1.165, 1.54) is 12.1 Å². The molecule has 21 heavy (non-hydrogen) atoms. The van der Waals surface area contributed by atoms with Crippen LogP contribution in [0.5, 0.6) is 0 Å². The highest BCUT2D eigenvalue weighted by Crippen LogP contribution is 2.27. The second-order valence-electron chi connectivity index (χ2n) is 4.24. The summed E-state index contributed by atoms with van der Waals surface area (Å²) < 4.78 is 27.6. The molecule has 0 aliphatic rings. The molecule has 8 nitrogen and oxygen atoms in total. The Kier molecular flexibility index (Phi) is 4.24. The zero-order valence-electron chi connectivity index (χ0n) is 10.9. The van der Waals surface area contributed by atoms with E-state index in [1.54, 1.807) is 18.4 Å². The Labute approximate surface area is 120 Å². The number of nitro benzene ring substituents is 1. The van der Waals surface area contributed by atoms with Gasteiger partial charge in [0.15, 0.2) is 0 Å². The lowest BCUT2D eigenvalue weighted by molar-refractivity contribution is -0.384. The SMILES string of the molecule is NS(=O)(=O)c1ccc(NCCc2ccco2)c([N+](=O)[O-])c1. The van der Waals surface area contributed by atoms with Crippen LogP contribution in [0, 0.1) is 10.1 Å². The van der Waals surface area contributed by atoms with Crippen molar-refractivity contribution in [3.63, 3.8) is 0 Å². The first-order valence-corrected chi connectivity index (χ1v) is 7.50. The minimum atomic E-state index is -3.98. The summed E-state index contributed by atoms with van der Waals surface area (Å²) in [7, 11) is -3.98. The number of anilines is 1. The molecular weight excluding hydrogens is 298 g/mol. The van der Waals surface area contributed by atoms with Crippen molar-refractivity contribution in [1.82, 2.24) is 0 Å². The highest BCUT2D eigenvalue weighted by molar-refractivity contribution is 7.89. The number of sulfonamides is 1. The van der Waals surface area contributed by atoms with Crippen LogP contribution in [0.1, 0.15) is 5.76 Å². The van der Waals surface area contributed by atoms with Gasteiger partial charge in [0.05, 0.1) is 16.1 Å². The van der Waals surface area contributed by atoms with Gasteiger partial charge in [-0.15, -0.1) is 0 Å². The smallest absolute Gasteiger partial charge is 0.293 e. The maximum absolute atomic E-state index is 11.2. The molecule has 0 spiro atoms. The first-order chi connectivity index (χ1) is 9.88. The second-order valence-corrected chi connectivity index (χ2v) is 5.80. The molecule has 2 aromatic rings. The van der Waals surface area contributed by atoms with Gasteiger partial charge in [-0.05, 0) is 24.3 Å². The number of nitrogens with zero attached hydrogens (tertiary/aromatic N) is 1. The normalized spacial score (nSPS) is 11.3. The van der Waals surface area contributed by atoms with E-state index in [4.69, 9.17) is 9.56 Å². The monoisotopic (exact) mass is 311 g/mol. The molecule has 1 aromatic carbocycles. The molecule has 0 amide bonds. The molecule has 0 unspecified atom stereocenters. The Morgan fingerprint density at radius 1 is 1.33 bits per heavy atom. The number of hydrogen-bond acceptors (Lipinski definition) is 6. The number of nitrogens with one attached hydrogen (secondary N) is 1. The summed E-state index contributed by atoms with van der Waals surface area (Å²) in [6.45, 7) is 0.406. The first kappa shape index (κ1) is 15.0. The van der Waals surface area contributed by atoms with Gasteiger partial charge in [0, 0.05) is 19.0 Å². The van der Waals surface area contributed by atoms with Crippen molar-refractivity contribution in [2.24, 2.45) is 5.14 Å². The van der Waals surface area contributed by atoms with Crippen LogP contribution in [0.25, 0.3) is 0 Å². The fourth-order valence-corrected chi connectivity index (χ4v) is 2.30. The lowest BCUT2D eigenvalue weighted by Gasteiger charge is -2.07. The number of hydrogen-bond donors (Lipinski definition) is 2. The van der Waals surface area contributed by atoms with Crippen molar-refractivity contribution in [2.45, 2.75) is 11.3 Å². The molecule has 0 aliphatic heterocycles. The predicted molar refractivity (Wildman–Crippen MR) is 75.4 cm³/mol. The van der Waals surface area contributed by atoms with E-state index in [1.807, 2.05) is 0 Å². The summed E-state index contributed by atoms with van der Waals surface area (Å²) in [5.74, 6) is 0.742. The molecule has 0 atom stereocenters. The van der Waals surface area contributed by atoms with E-state index < -0.39 is 14.9 Å². The third kappa shape index (κ3) is 3.80. The van der Waals surface area contributed by atoms with Gasteiger partial charge in [0.25, 0.3) is 5.69 Å². The van der Waals surface area contributed by atoms with Gasteiger partial charge < -0.3 is 9.73 Å². The number of furan rings is 1. The Morgan fingerprint density at radius 3 is 2.67 bits per heavy atom. The molecular formula is C12H13N3O5S. The molecule has 0 saturated carbocycles. The van der Waals surface area contributed by atoms with Gasteiger partial charge in [-0.3, -0.25) is 10.1 Å². The fraction of sp³-hybridized carbons (Fsp3) is 0.167. The van der Waals surface area contributed by atoms with Crippen molar-refractivity contribution in [3.8, 4) is 0 Å². The lowest BCUT2D eigenvalue weighted by atomic mass is 10.2. The fourth-order valence-electron chi connectivity index (χ4n) is 1.76. The molecule has 9 heteroatoms. The number of nitrogens with two attached hydrogens (primary N) is 1. The van der Waals surface area contributed by atoms with Crippen LogP contribution in [0.2, 0.25) is 0 Å². The topological polar surface area (TPSA) is 128 Å². The number of rotatable bonds is 6. The quantitative estimate of drug-likeness (QED) is 0.614. The van der Waals surface area contributed by atoms with Crippen molar-refractivity contribution < 1.29 is 17.8 Å². The zero-order valence-corrected chi connectivity index (χ0v) is 11.7. The number of nitro groups is 1. The molecule has 1 aromatic heterocycles. The summed E-state index contributed by atoms with van der Waals surface area (Å²) in [6.07, 6.45) is 2.08. The highest BCUT2D eigenvalue weighted by atomic mass is 32.2. The predicted octanol–water partition coefficient (Wildman–Crippen LogP) is 1.49.